The van der Waals surface area contributed by atoms with Crippen molar-refractivity contribution in [2.75, 3.05) is 32.1 Å². The van der Waals surface area contributed by atoms with Crippen molar-refractivity contribution >= 4 is 21.6 Å². The molecule has 0 bridgehead atoms. The molecular formula is C20H24N2O4S. The molecule has 1 fully saturated rings. The summed E-state index contributed by atoms with van der Waals surface area (Å²) in [5, 5.41) is 0. The van der Waals surface area contributed by atoms with Gasteiger partial charge in [0.1, 0.15) is 5.75 Å². The van der Waals surface area contributed by atoms with Gasteiger partial charge in [0.2, 0.25) is 15.9 Å². The zero-order valence-electron chi connectivity index (χ0n) is 15.5. The monoisotopic (exact) mass is 388 g/mol. The van der Waals surface area contributed by atoms with Crippen LogP contribution in [0.5, 0.6) is 5.75 Å². The highest BCUT2D eigenvalue weighted by Crippen LogP contribution is 2.27. The molecule has 1 aliphatic rings. The molecule has 1 atom stereocenters. The maximum Gasteiger partial charge on any atom is 0.243 e. The van der Waals surface area contributed by atoms with Gasteiger partial charge >= 0.3 is 0 Å². The van der Waals surface area contributed by atoms with Gasteiger partial charge in [-0.15, -0.1) is 0 Å². The van der Waals surface area contributed by atoms with Crippen LogP contribution in [-0.4, -0.2) is 45.9 Å². The largest absolute Gasteiger partial charge is 0.497 e. The molecule has 1 heterocycles. The van der Waals surface area contributed by atoms with Crippen LogP contribution < -0.4 is 9.64 Å². The lowest BCUT2D eigenvalue weighted by Crippen LogP contribution is -2.45. The number of carbonyl (C=O) groups excluding carboxylic acids is 1. The molecule has 0 saturated carbocycles. The third-order valence-corrected chi connectivity index (χ3v) is 6.78. The fourth-order valence-corrected chi connectivity index (χ4v) is 4.86. The molecule has 0 spiro atoms. The van der Waals surface area contributed by atoms with Gasteiger partial charge in [0.05, 0.1) is 17.9 Å². The van der Waals surface area contributed by atoms with E-state index in [4.69, 9.17) is 4.74 Å². The molecule has 1 aliphatic heterocycles. The fourth-order valence-electron chi connectivity index (χ4n) is 3.31. The van der Waals surface area contributed by atoms with Gasteiger partial charge in [0.25, 0.3) is 0 Å². The van der Waals surface area contributed by atoms with E-state index in [-0.39, 0.29) is 23.3 Å². The van der Waals surface area contributed by atoms with E-state index in [9.17, 15) is 13.2 Å². The van der Waals surface area contributed by atoms with Gasteiger partial charge in [-0.3, -0.25) is 4.79 Å². The predicted octanol–water partition coefficient (Wildman–Crippen LogP) is 2.76. The number of piperidine rings is 1. The minimum Gasteiger partial charge on any atom is -0.497 e. The number of amides is 1. The van der Waals surface area contributed by atoms with E-state index in [1.807, 2.05) is 12.1 Å². The lowest BCUT2D eigenvalue weighted by atomic mass is 9.98. The van der Waals surface area contributed by atoms with Crippen molar-refractivity contribution in [1.82, 2.24) is 4.31 Å². The first kappa shape index (κ1) is 19.4. The SMILES string of the molecule is COc1ccc(N(C)C(=O)C2CCCN(S(=O)(=O)c3ccccc3)C2)cc1. The second-order valence-electron chi connectivity index (χ2n) is 6.61. The van der Waals surface area contributed by atoms with Crippen LogP contribution in [-0.2, 0) is 14.8 Å². The summed E-state index contributed by atoms with van der Waals surface area (Å²) in [5.74, 6) is 0.287. The van der Waals surface area contributed by atoms with Crippen LogP contribution in [0.25, 0.3) is 0 Å². The van der Waals surface area contributed by atoms with Crippen molar-refractivity contribution in [1.29, 1.82) is 0 Å². The summed E-state index contributed by atoms with van der Waals surface area (Å²) in [6.07, 6.45) is 1.35. The highest BCUT2D eigenvalue weighted by Gasteiger charge is 2.34. The van der Waals surface area contributed by atoms with Crippen molar-refractivity contribution in [3.63, 3.8) is 0 Å². The molecule has 1 unspecified atom stereocenters. The summed E-state index contributed by atoms with van der Waals surface area (Å²) in [4.78, 5) is 14.8. The third kappa shape index (κ3) is 4.14. The second-order valence-corrected chi connectivity index (χ2v) is 8.55. The van der Waals surface area contributed by atoms with Crippen LogP contribution in [0.4, 0.5) is 5.69 Å². The molecule has 0 radical (unpaired) electrons. The number of nitrogens with zero attached hydrogens (tertiary/aromatic N) is 2. The second kappa shape index (κ2) is 8.10. The quantitative estimate of drug-likeness (QED) is 0.790. The molecular weight excluding hydrogens is 364 g/mol. The van der Waals surface area contributed by atoms with Crippen LogP contribution in [0.2, 0.25) is 0 Å². The first-order valence-electron chi connectivity index (χ1n) is 8.90. The Bertz CT molecular complexity index is 882. The Morgan fingerprint density at radius 3 is 2.41 bits per heavy atom. The smallest absolute Gasteiger partial charge is 0.243 e. The molecule has 0 aliphatic carbocycles. The van der Waals surface area contributed by atoms with Crippen LogP contribution >= 0.6 is 0 Å². The Labute approximate surface area is 160 Å². The summed E-state index contributed by atoms with van der Waals surface area (Å²) in [6.45, 7) is 0.643. The molecule has 3 rings (SSSR count). The molecule has 7 heteroatoms. The van der Waals surface area contributed by atoms with E-state index in [0.29, 0.717) is 19.4 Å². The molecule has 6 nitrogen and oxygen atoms in total. The average Bonchev–Trinajstić information content (AvgIpc) is 2.73. The number of rotatable bonds is 5. The molecule has 1 amide bonds. The maximum atomic E-state index is 12.9. The van der Waals surface area contributed by atoms with Gasteiger partial charge in [0.15, 0.2) is 0 Å². The van der Waals surface area contributed by atoms with Crippen molar-refractivity contribution < 1.29 is 17.9 Å². The number of hydrogen-bond acceptors (Lipinski definition) is 4. The molecule has 0 N–H and O–H groups in total. The highest BCUT2D eigenvalue weighted by atomic mass is 32.2. The number of benzene rings is 2. The summed E-state index contributed by atoms with van der Waals surface area (Å²) in [6, 6.07) is 15.6. The standard InChI is InChI=1S/C20H24N2O4S/c1-21(17-10-12-18(26-2)13-11-17)20(23)16-7-6-14-22(15-16)27(24,25)19-8-4-3-5-9-19/h3-5,8-13,16H,6-7,14-15H2,1-2H3. The van der Waals surface area contributed by atoms with Crippen LogP contribution in [0.3, 0.4) is 0 Å². The van der Waals surface area contributed by atoms with Crippen molar-refractivity contribution in [2.45, 2.75) is 17.7 Å². The van der Waals surface area contributed by atoms with Gasteiger partial charge < -0.3 is 9.64 Å². The molecule has 0 aromatic heterocycles. The maximum absolute atomic E-state index is 12.9. The molecule has 2 aromatic carbocycles. The average molecular weight is 388 g/mol. The van der Waals surface area contributed by atoms with Crippen molar-refractivity contribution in [3.05, 3.63) is 54.6 Å². The summed E-state index contributed by atoms with van der Waals surface area (Å²) >= 11 is 0. The van der Waals surface area contributed by atoms with Gasteiger partial charge in [-0.05, 0) is 49.2 Å². The number of sulfonamides is 1. The lowest BCUT2D eigenvalue weighted by molar-refractivity contribution is -0.123. The Morgan fingerprint density at radius 2 is 1.78 bits per heavy atom. The lowest BCUT2D eigenvalue weighted by Gasteiger charge is -2.33. The topological polar surface area (TPSA) is 66.9 Å². The molecule has 1 saturated heterocycles. The third-order valence-electron chi connectivity index (χ3n) is 4.90. The first-order valence-corrected chi connectivity index (χ1v) is 10.3. The zero-order chi connectivity index (χ0) is 19.4. The minimum atomic E-state index is -3.58. The summed E-state index contributed by atoms with van der Waals surface area (Å²) in [5.41, 5.74) is 0.754. The Morgan fingerprint density at radius 1 is 1.11 bits per heavy atom. The Balaban J connectivity index is 1.74. The van der Waals surface area contributed by atoms with Crippen LogP contribution in [0.15, 0.2) is 59.5 Å². The fraction of sp³-hybridized carbons (Fsp3) is 0.350. The highest BCUT2D eigenvalue weighted by molar-refractivity contribution is 7.89. The van der Waals surface area contributed by atoms with Gasteiger partial charge in [-0.2, -0.15) is 4.31 Å². The van der Waals surface area contributed by atoms with E-state index in [1.54, 1.807) is 61.5 Å². The van der Waals surface area contributed by atoms with E-state index >= 15 is 0 Å². The van der Waals surface area contributed by atoms with Gasteiger partial charge in [0, 0.05) is 25.8 Å². The van der Waals surface area contributed by atoms with E-state index in [1.165, 1.54) is 4.31 Å². The number of ether oxygens (including phenoxy) is 1. The normalized spacial score (nSPS) is 18.1. The van der Waals surface area contributed by atoms with Gasteiger partial charge in [-0.1, -0.05) is 18.2 Å². The van der Waals surface area contributed by atoms with Crippen molar-refractivity contribution in [3.8, 4) is 5.75 Å². The Hall–Kier alpha value is -2.38. The van der Waals surface area contributed by atoms with E-state index in [2.05, 4.69) is 0 Å². The zero-order valence-corrected chi connectivity index (χ0v) is 16.4. The first-order chi connectivity index (χ1) is 12.9. The number of carbonyl (C=O) groups is 1. The molecule has 27 heavy (non-hydrogen) atoms. The van der Waals surface area contributed by atoms with E-state index in [0.717, 1.165) is 11.4 Å². The number of methoxy groups -OCH3 is 1. The minimum absolute atomic E-state index is 0.0758. The van der Waals surface area contributed by atoms with E-state index < -0.39 is 10.0 Å². The number of anilines is 1. The summed E-state index contributed by atoms with van der Waals surface area (Å²) < 4.78 is 32.3. The van der Waals surface area contributed by atoms with Crippen LogP contribution in [0, 0.1) is 5.92 Å². The number of hydrogen-bond donors (Lipinski definition) is 0. The summed E-state index contributed by atoms with van der Waals surface area (Å²) in [7, 11) is -0.274. The van der Waals surface area contributed by atoms with Gasteiger partial charge in [-0.25, -0.2) is 8.42 Å². The molecule has 144 valence electrons. The Kier molecular flexibility index (Phi) is 5.82. The van der Waals surface area contributed by atoms with Crippen molar-refractivity contribution in [2.24, 2.45) is 5.92 Å². The molecule has 2 aromatic rings. The predicted molar refractivity (Wildman–Crippen MR) is 104 cm³/mol. The van der Waals surface area contributed by atoms with Crippen LogP contribution in [0.1, 0.15) is 12.8 Å².